The lowest BCUT2D eigenvalue weighted by Crippen LogP contribution is -2.35. The van der Waals surface area contributed by atoms with Crippen molar-refractivity contribution in [3.8, 4) is 17.0 Å². The first-order valence-corrected chi connectivity index (χ1v) is 8.16. The number of nitrogens with zero attached hydrogens (tertiary/aromatic N) is 2. The van der Waals surface area contributed by atoms with Crippen molar-refractivity contribution in [1.29, 1.82) is 0 Å². The molecule has 120 valence electrons. The van der Waals surface area contributed by atoms with Crippen LogP contribution in [0.15, 0.2) is 36.5 Å². The Balaban J connectivity index is 1.97. The minimum absolute atomic E-state index is 0.0414. The van der Waals surface area contributed by atoms with Gasteiger partial charge in [-0.2, -0.15) is 0 Å². The quantitative estimate of drug-likeness (QED) is 0.853. The number of ether oxygens (including phenoxy) is 1. The maximum Gasteiger partial charge on any atom is 0.256 e. The second-order valence-corrected chi connectivity index (χ2v) is 6.01. The molecule has 0 radical (unpaired) electrons. The van der Waals surface area contributed by atoms with Crippen molar-refractivity contribution in [1.82, 2.24) is 9.88 Å². The van der Waals surface area contributed by atoms with Gasteiger partial charge in [0.15, 0.2) is 0 Å². The second kappa shape index (κ2) is 7.01. The molecule has 1 amide bonds. The molecule has 1 aromatic carbocycles. The van der Waals surface area contributed by atoms with Crippen molar-refractivity contribution in [2.75, 3.05) is 20.2 Å². The fourth-order valence-corrected chi connectivity index (χ4v) is 3.15. The smallest absolute Gasteiger partial charge is 0.256 e. The number of benzene rings is 1. The molecule has 2 heterocycles. The molecule has 0 saturated carbocycles. The Labute approximate surface area is 141 Å². The highest BCUT2D eigenvalue weighted by molar-refractivity contribution is 6.32. The number of carbonyl (C=O) groups excluding carboxylic acids is 1. The molecule has 0 aliphatic carbocycles. The third-order valence-electron chi connectivity index (χ3n) is 4.11. The lowest BCUT2D eigenvalue weighted by molar-refractivity contribution is 0.0725. The molecule has 2 aromatic rings. The fraction of sp³-hybridized carbons (Fsp3) is 0.333. The van der Waals surface area contributed by atoms with Crippen molar-refractivity contribution in [3.63, 3.8) is 0 Å². The van der Waals surface area contributed by atoms with E-state index in [2.05, 4.69) is 4.98 Å². The topological polar surface area (TPSA) is 42.4 Å². The molecule has 1 aliphatic rings. The van der Waals surface area contributed by atoms with Crippen LogP contribution >= 0.6 is 11.6 Å². The Hall–Kier alpha value is -2.07. The van der Waals surface area contributed by atoms with Crippen molar-refractivity contribution in [3.05, 3.63) is 47.1 Å². The summed E-state index contributed by atoms with van der Waals surface area (Å²) in [7, 11) is 1.58. The molecular formula is C18H19ClN2O2. The van der Waals surface area contributed by atoms with Crippen LogP contribution in [0.4, 0.5) is 0 Å². The standard InChI is InChI=1S/C18H19ClN2O2/c1-23-16-8-7-13(12-15(16)19)17-14(6-5-9-20-17)18(22)21-10-3-2-4-11-21/h5-9,12H,2-4,10-11H2,1H3. The van der Waals surface area contributed by atoms with E-state index in [1.165, 1.54) is 6.42 Å². The van der Waals surface area contributed by atoms with Crippen LogP contribution in [-0.2, 0) is 0 Å². The Bertz CT molecular complexity index is 712. The summed E-state index contributed by atoms with van der Waals surface area (Å²) >= 11 is 6.21. The van der Waals surface area contributed by atoms with E-state index in [4.69, 9.17) is 16.3 Å². The number of likely N-dealkylation sites (tertiary alicyclic amines) is 1. The first kappa shape index (κ1) is 15.8. The van der Waals surface area contributed by atoms with Crippen LogP contribution in [0.25, 0.3) is 11.3 Å². The molecule has 4 nitrogen and oxygen atoms in total. The third-order valence-corrected chi connectivity index (χ3v) is 4.40. The number of amides is 1. The summed E-state index contributed by atoms with van der Waals surface area (Å²) in [5.41, 5.74) is 2.10. The van der Waals surface area contributed by atoms with Gasteiger partial charge in [0.05, 0.1) is 23.4 Å². The van der Waals surface area contributed by atoms with Gasteiger partial charge in [0.1, 0.15) is 5.75 Å². The summed E-state index contributed by atoms with van der Waals surface area (Å²) in [5.74, 6) is 0.648. The number of piperidine rings is 1. The summed E-state index contributed by atoms with van der Waals surface area (Å²) in [4.78, 5) is 19.2. The minimum Gasteiger partial charge on any atom is -0.495 e. The van der Waals surface area contributed by atoms with E-state index in [0.29, 0.717) is 22.0 Å². The predicted octanol–water partition coefficient (Wildman–Crippen LogP) is 4.04. The number of carbonyl (C=O) groups is 1. The molecule has 1 aromatic heterocycles. The molecule has 0 bridgehead atoms. The monoisotopic (exact) mass is 330 g/mol. The van der Waals surface area contributed by atoms with Gasteiger partial charge in [-0.15, -0.1) is 0 Å². The molecular weight excluding hydrogens is 312 g/mol. The number of aromatic nitrogens is 1. The number of hydrogen-bond acceptors (Lipinski definition) is 3. The first-order chi connectivity index (χ1) is 11.2. The normalized spacial score (nSPS) is 14.6. The third kappa shape index (κ3) is 3.32. The first-order valence-electron chi connectivity index (χ1n) is 7.79. The van der Waals surface area contributed by atoms with E-state index in [0.717, 1.165) is 31.5 Å². The number of methoxy groups -OCH3 is 1. The summed E-state index contributed by atoms with van der Waals surface area (Å²) in [6.45, 7) is 1.63. The van der Waals surface area contributed by atoms with Crippen molar-refractivity contribution < 1.29 is 9.53 Å². The van der Waals surface area contributed by atoms with Gasteiger partial charge in [-0.25, -0.2) is 0 Å². The lowest BCUT2D eigenvalue weighted by atomic mass is 10.0. The molecule has 0 atom stereocenters. The Morgan fingerprint density at radius 3 is 2.70 bits per heavy atom. The van der Waals surface area contributed by atoms with E-state index < -0.39 is 0 Å². The molecule has 0 N–H and O–H groups in total. The van der Waals surface area contributed by atoms with Crippen LogP contribution in [0.5, 0.6) is 5.75 Å². The van der Waals surface area contributed by atoms with Gasteiger partial charge in [0.2, 0.25) is 0 Å². The molecule has 5 heteroatoms. The van der Waals surface area contributed by atoms with Crippen molar-refractivity contribution in [2.24, 2.45) is 0 Å². The van der Waals surface area contributed by atoms with Crippen LogP contribution in [0.3, 0.4) is 0 Å². The summed E-state index contributed by atoms with van der Waals surface area (Å²) in [6.07, 6.45) is 5.02. The van der Waals surface area contributed by atoms with Crippen LogP contribution in [0.1, 0.15) is 29.6 Å². The lowest BCUT2D eigenvalue weighted by Gasteiger charge is -2.27. The van der Waals surface area contributed by atoms with Crippen molar-refractivity contribution >= 4 is 17.5 Å². The molecule has 1 saturated heterocycles. The zero-order valence-corrected chi connectivity index (χ0v) is 13.8. The molecule has 0 unspecified atom stereocenters. The molecule has 1 aliphatic heterocycles. The minimum atomic E-state index is 0.0414. The highest BCUT2D eigenvalue weighted by Crippen LogP contribution is 2.31. The molecule has 23 heavy (non-hydrogen) atoms. The molecule has 0 spiro atoms. The average molecular weight is 331 g/mol. The van der Waals surface area contributed by atoms with E-state index in [-0.39, 0.29) is 5.91 Å². The zero-order valence-electron chi connectivity index (χ0n) is 13.1. The van der Waals surface area contributed by atoms with E-state index in [1.807, 2.05) is 17.0 Å². The van der Waals surface area contributed by atoms with E-state index in [9.17, 15) is 4.79 Å². The zero-order chi connectivity index (χ0) is 16.2. The number of halogens is 1. The van der Waals surface area contributed by atoms with Gasteiger partial charge in [0.25, 0.3) is 5.91 Å². The maximum atomic E-state index is 12.8. The predicted molar refractivity (Wildman–Crippen MR) is 91.0 cm³/mol. The Morgan fingerprint density at radius 2 is 2.00 bits per heavy atom. The highest BCUT2D eigenvalue weighted by atomic mass is 35.5. The Morgan fingerprint density at radius 1 is 1.22 bits per heavy atom. The average Bonchev–Trinajstić information content (AvgIpc) is 2.62. The van der Waals surface area contributed by atoms with Gasteiger partial charge >= 0.3 is 0 Å². The Kier molecular flexibility index (Phi) is 4.82. The van der Waals surface area contributed by atoms with Crippen molar-refractivity contribution in [2.45, 2.75) is 19.3 Å². The molecule has 1 fully saturated rings. The van der Waals surface area contributed by atoms with Gasteiger partial charge in [-0.05, 0) is 49.6 Å². The van der Waals surface area contributed by atoms with Gasteiger partial charge in [-0.1, -0.05) is 11.6 Å². The van der Waals surface area contributed by atoms with Gasteiger partial charge < -0.3 is 9.64 Å². The number of pyridine rings is 1. The van der Waals surface area contributed by atoms with Gasteiger partial charge in [-0.3, -0.25) is 9.78 Å². The SMILES string of the molecule is COc1ccc(-c2ncccc2C(=O)N2CCCCC2)cc1Cl. The summed E-state index contributed by atoms with van der Waals surface area (Å²) in [5, 5.41) is 0.507. The fourth-order valence-electron chi connectivity index (χ4n) is 2.89. The van der Waals surface area contributed by atoms with Gasteiger partial charge in [0, 0.05) is 24.8 Å². The van der Waals surface area contributed by atoms with Crippen LogP contribution in [-0.4, -0.2) is 36.0 Å². The summed E-state index contributed by atoms with van der Waals surface area (Å²) < 4.78 is 5.18. The van der Waals surface area contributed by atoms with Crippen LogP contribution in [0, 0.1) is 0 Å². The second-order valence-electron chi connectivity index (χ2n) is 5.60. The van der Waals surface area contributed by atoms with Crippen LogP contribution < -0.4 is 4.74 Å². The largest absolute Gasteiger partial charge is 0.495 e. The summed E-state index contributed by atoms with van der Waals surface area (Å²) in [6, 6.07) is 9.08. The highest BCUT2D eigenvalue weighted by Gasteiger charge is 2.22. The number of hydrogen-bond donors (Lipinski definition) is 0. The molecule has 3 rings (SSSR count). The van der Waals surface area contributed by atoms with Crippen LogP contribution in [0.2, 0.25) is 5.02 Å². The maximum absolute atomic E-state index is 12.8. The van der Waals surface area contributed by atoms with E-state index >= 15 is 0 Å². The van der Waals surface area contributed by atoms with E-state index in [1.54, 1.807) is 31.5 Å². The number of rotatable bonds is 3.